The molecule has 1 heterocycles. The molecule has 2 aromatic rings. The van der Waals surface area contributed by atoms with Crippen molar-refractivity contribution in [2.75, 3.05) is 20.3 Å². The highest BCUT2D eigenvalue weighted by Crippen LogP contribution is 2.25. The Labute approximate surface area is 113 Å². The van der Waals surface area contributed by atoms with E-state index in [-0.39, 0.29) is 0 Å². The van der Waals surface area contributed by atoms with Gasteiger partial charge in [0.1, 0.15) is 0 Å². The summed E-state index contributed by atoms with van der Waals surface area (Å²) in [6.45, 7) is 2.96. The molecule has 3 heteroatoms. The Hall–Kier alpha value is -0.900. The highest BCUT2D eigenvalue weighted by Gasteiger charge is 2.01. The molecule has 98 valence electrons. The van der Waals surface area contributed by atoms with E-state index < -0.39 is 0 Å². The molecule has 1 aromatic heterocycles. The number of methoxy groups -OCH3 is 1. The topological polar surface area (TPSA) is 21.3 Å². The van der Waals surface area contributed by atoms with Gasteiger partial charge in [0.05, 0.1) is 0 Å². The fraction of sp³-hybridized carbons (Fsp3) is 0.467. The molecule has 0 aliphatic carbocycles. The Balaban J connectivity index is 1.70. The minimum absolute atomic E-state index is 0.884. The van der Waals surface area contributed by atoms with Crippen molar-refractivity contribution in [3.8, 4) is 0 Å². The van der Waals surface area contributed by atoms with Gasteiger partial charge in [-0.25, -0.2) is 0 Å². The normalized spacial score (nSPS) is 11.2. The molecule has 0 saturated carbocycles. The van der Waals surface area contributed by atoms with E-state index in [2.05, 4.69) is 35.0 Å². The summed E-state index contributed by atoms with van der Waals surface area (Å²) in [5, 5.41) is 7.19. The highest BCUT2D eigenvalue weighted by atomic mass is 32.1. The van der Waals surface area contributed by atoms with Gasteiger partial charge in [-0.1, -0.05) is 18.2 Å². The Bertz CT molecular complexity index is 466. The highest BCUT2D eigenvalue weighted by molar-refractivity contribution is 7.17. The van der Waals surface area contributed by atoms with Crippen molar-refractivity contribution in [3.63, 3.8) is 0 Å². The third-order valence-corrected chi connectivity index (χ3v) is 4.09. The first-order chi connectivity index (χ1) is 8.92. The van der Waals surface area contributed by atoms with Crippen LogP contribution in [0.5, 0.6) is 0 Å². The van der Waals surface area contributed by atoms with Crippen molar-refractivity contribution >= 4 is 21.4 Å². The first-order valence-corrected chi connectivity index (χ1v) is 7.44. The van der Waals surface area contributed by atoms with Gasteiger partial charge < -0.3 is 10.1 Å². The summed E-state index contributed by atoms with van der Waals surface area (Å²) in [6, 6.07) is 8.62. The predicted octanol–water partition coefficient (Wildman–Crippen LogP) is 3.81. The van der Waals surface area contributed by atoms with E-state index in [0.717, 1.165) is 19.7 Å². The molecular weight excluding hydrogens is 242 g/mol. The average molecular weight is 263 g/mol. The molecule has 0 aliphatic heterocycles. The fourth-order valence-electron chi connectivity index (χ4n) is 2.07. The molecule has 0 spiro atoms. The zero-order valence-corrected chi connectivity index (χ0v) is 11.8. The van der Waals surface area contributed by atoms with Crippen LogP contribution in [0.2, 0.25) is 0 Å². The van der Waals surface area contributed by atoms with Crippen LogP contribution in [-0.4, -0.2) is 20.3 Å². The van der Waals surface area contributed by atoms with Gasteiger partial charge in [-0.3, -0.25) is 0 Å². The van der Waals surface area contributed by atoms with Gasteiger partial charge in [-0.05, 0) is 48.2 Å². The lowest BCUT2D eigenvalue weighted by atomic mass is 10.2. The summed E-state index contributed by atoms with van der Waals surface area (Å²) in [6.07, 6.45) is 3.64. The van der Waals surface area contributed by atoms with E-state index in [1.54, 1.807) is 7.11 Å². The first-order valence-electron chi connectivity index (χ1n) is 6.56. The molecule has 0 amide bonds. The van der Waals surface area contributed by atoms with Crippen molar-refractivity contribution in [1.29, 1.82) is 0 Å². The van der Waals surface area contributed by atoms with E-state index in [9.17, 15) is 0 Å². The van der Waals surface area contributed by atoms with Gasteiger partial charge in [0, 0.05) is 25.0 Å². The van der Waals surface area contributed by atoms with Crippen LogP contribution in [0.25, 0.3) is 10.1 Å². The van der Waals surface area contributed by atoms with Crippen LogP contribution in [0.4, 0.5) is 0 Å². The number of hydrogen-bond donors (Lipinski definition) is 1. The van der Waals surface area contributed by atoms with Gasteiger partial charge in [-0.2, -0.15) is 0 Å². The van der Waals surface area contributed by atoms with Crippen LogP contribution in [0.1, 0.15) is 24.8 Å². The molecule has 0 unspecified atom stereocenters. The van der Waals surface area contributed by atoms with Crippen molar-refractivity contribution < 1.29 is 4.74 Å². The number of rotatable bonds is 8. The molecule has 0 saturated heterocycles. The largest absolute Gasteiger partial charge is 0.385 e. The van der Waals surface area contributed by atoms with E-state index in [0.29, 0.717) is 0 Å². The summed E-state index contributed by atoms with van der Waals surface area (Å²) < 4.78 is 6.42. The molecule has 1 N–H and O–H groups in total. The molecule has 1 aromatic carbocycles. The second-order valence-electron chi connectivity index (χ2n) is 4.49. The Kier molecular flexibility index (Phi) is 5.65. The third kappa shape index (κ3) is 3.80. The molecule has 0 atom stereocenters. The quantitative estimate of drug-likeness (QED) is 0.731. The van der Waals surface area contributed by atoms with Crippen molar-refractivity contribution in [3.05, 3.63) is 35.2 Å². The molecule has 0 aliphatic rings. The molecule has 2 rings (SSSR count). The number of unbranched alkanes of at least 4 members (excludes halogenated alkanes) is 2. The van der Waals surface area contributed by atoms with Crippen LogP contribution in [0.15, 0.2) is 29.6 Å². The van der Waals surface area contributed by atoms with Crippen molar-refractivity contribution in [2.45, 2.75) is 25.8 Å². The van der Waals surface area contributed by atoms with Crippen LogP contribution < -0.4 is 5.32 Å². The average Bonchev–Trinajstić information content (AvgIpc) is 2.81. The van der Waals surface area contributed by atoms with Gasteiger partial charge >= 0.3 is 0 Å². The SMILES string of the molecule is COCCCCCNCc1csc2ccccc12. The maximum Gasteiger partial charge on any atom is 0.0462 e. The maximum atomic E-state index is 5.04. The maximum absolute atomic E-state index is 5.04. The number of ether oxygens (including phenoxy) is 1. The summed E-state index contributed by atoms with van der Waals surface area (Å²) in [7, 11) is 1.76. The molecule has 2 nitrogen and oxygen atoms in total. The van der Waals surface area contributed by atoms with Crippen LogP contribution in [0.3, 0.4) is 0 Å². The minimum Gasteiger partial charge on any atom is -0.385 e. The van der Waals surface area contributed by atoms with Crippen LogP contribution in [-0.2, 0) is 11.3 Å². The number of benzene rings is 1. The first kappa shape index (κ1) is 13.5. The summed E-state index contributed by atoms with van der Waals surface area (Å²) in [5.41, 5.74) is 1.42. The zero-order chi connectivity index (χ0) is 12.6. The van der Waals surface area contributed by atoms with Gasteiger partial charge in [0.15, 0.2) is 0 Å². The second-order valence-corrected chi connectivity index (χ2v) is 5.40. The van der Waals surface area contributed by atoms with Gasteiger partial charge in [0.25, 0.3) is 0 Å². The lowest BCUT2D eigenvalue weighted by molar-refractivity contribution is 0.192. The fourth-order valence-corrected chi connectivity index (χ4v) is 3.03. The summed E-state index contributed by atoms with van der Waals surface area (Å²) >= 11 is 1.83. The monoisotopic (exact) mass is 263 g/mol. The lowest BCUT2D eigenvalue weighted by Gasteiger charge is -2.04. The molecule has 0 bridgehead atoms. The van der Waals surface area contributed by atoms with E-state index in [1.807, 2.05) is 11.3 Å². The molecule has 0 radical (unpaired) electrons. The minimum atomic E-state index is 0.884. The Morgan fingerprint density at radius 2 is 2.06 bits per heavy atom. The number of hydrogen-bond acceptors (Lipinski definition) is 3. The molecular formula is C15H21NOS. The Morgan fingerprint density at radius 1 is 1.17 bits per heavy atom. The number of fused-ring (bicyclic) bond motifs is 1. The van der Waals surface area contributed by atoms with E-state index in [4.69, 9.17) is 4.74 Å². The second kappa shape index (κ2) is 7.52. The van der Waals surface area contributed by atoms with Crippen LogP contribution in [0, 0.1) is 0 Å². The predicted molar refractivity (Wildman–Crippen MR) is 79.3 cm³/mol. The molecule has 0 fully saturated rings. The Morgan fingerprint density at radius 3 is 2.94 bits per heavy atom. The summed E-state index contributed by atoms with van der Waals surface area (Å²) in [4.78, 5) is 0. The van der Waals surface area contributed by atoms with Gasteiger partial charge in [-0.15, -0.1) is 11.3 Å². The van der Waals surface area contributed by atoms with E-state index in [1.165, 1.54) is 34.9 Å². The van der Waals surface area contributed by atoms with E-state index >= 15 is 0 Å². The lowest BCUT2D eigenvalue weighted by Crippen LogP contribution is -2.14. The van der Waals surface area contributed by atoms with Gasteiger partial charge in [0.2, 0.25) is 0 Å². The zero-order valence-electron chi connectivity index (χ0n) is 10.9. The smallest absolute Gasteiger partial charge is 0.0462 e. The summed E-state index contributed by atoms with van der Waals surface area (Å²) in [5.74, 6) is 0. The van der Waals surface area contributed by atoms with Crippen LogP contribution >= 0.6 is 11.3 Å². The van der Waals surface area contributed by atoms with Crippen molar-refractivity contribution in [2.24, 2.45) is 0 Å². The number of nitrogens with one attached hydrogen (secondary N) is 1. The standard InChI is InChI=1S/C15H21NOS/c1-17-10-6-2-5-9-16-11-13-12-18-15-8-4-3-7-14(13)15/h3-4,7-8,12,16H,2,5-6,9-11H2,1H3. The number of thiophene rings is 1. The molecule has 18 heavy (non-hydrogen) atoms. The third-order valence-electron chi connectivity index (χ3n) is 3.08. The van der Waals surface area contributed by atoms with Crippen molar-refractivity contribution in [1.82, 2.24) is 5.32 Å².